The number of rotatable bonds is 0. The molecule has 0 aliphatic heterocycles. The van der Waals surface area contributed by atoms with Gasteiger partial charge in [0.2, 0.25) is 0 Å². The molecule has 3 aliphatic carbocycles. The van der Waals surface area contributed by atoms with Gasteiger partial charge in [0, 0.05) is 5.92 Å². The smallest absolute Gasteiger partial charge is 0.0609 e. The Bertz CT molecular complexity index is 232. The van der Waals surface area contributed by atoms with E-state index in [0.717, 1.165) is 18.1 Å². The molecule has 3 saturated carbocycles. The van der Waals surface area contributed by atoms with Crippen molar-refractivity contribution in [2.45, 2.75) is 33.6 Å². The molecule has 0 aromatic rings. The van der Waals surface area contributed by atoms with Gasteiger partial charge < -0.3 is 5.21 Å². The lowest BCUT2D eigenvalue weighted by atomic mass is 9.45. The van der Waals surface area contributed by atoms with Crippen molar-refractivity contribution >= 4 is 5.71 Å². The van der Waals surface area contributed by atoms with Crippen molar-refractivity contribution in [2.24, 2.45) is 28.3 Å². The zero-order valence-corrected chi connectivity index (χ0v) is 8.04. The molecule has 3 fully saturated rings. The Balaban J connectivity index is 2.27. The predicted octanol–water partition coefficient (Wildman–Crippen LogP) is 2.52. The third-order valence-electron chi connectivity index (χ3n) is 4.09. The van der Waals surface area contributed by atoms with E-state index in [1.165, 1.54) is 6.42 Å². The molecule has 0 aromatic heterocycles. The molecule has 0 spiro atoms. The Morgan fingerprint density at radius 2 is 2.17 bits per heavy atom. The number of fused-ring (bicyclic) bond motifs is 2. The van der Waals surface area contributed by atoms with E-state index < -0.39 is 0 Å². The summed E-state index contributed by atoms with van der Waals surface area (Å²) in [5.41, 5.74) is 1.43. The second kappa shape index (κ2) is 2.24. The average Bonchev–Trinajstić information content (AvgIpc) is 2.02. The van der Waals surface area contributed by atoms with Gasteiger partial charge in [-0.15, -0.1) is 0 Å². The van der Waals surface area contributed by atoms with Gasteiger partial charge in [0.25, 0.3) is 0 Å². The maximum absolute atomic E-state index is 8.82. The second-order valence-corrected chi connectivity index (χ2v) is 4.99. The Labute approximate surface area is 73.7 Å². The largest absolute Gasteiger partial charge is 0.411 e. The molecule has 2 bridgehead atoms. The van der Waals surface area contributed by atoms with Crippen LogP contribution >= 0.6 is 0 Å². The third kappa shape index (κ3) is 0.782. The van der Waals surface area contributed by atoms with Gasteiger partial charge in [-0.1, -0.05) is 25.9 Å². The highest BCUT2D eigenvalue weighted by Crippen LogP contribution is 2.59. The lowest BCUT2D eigenvalue weighted by molar-refractivity contribution is -0.0360. The summed E-state index contributed by atoms with van der Waals surface area (Å²) in [5, 5.41) is 12.3. The molecule has 3 unspecified atom stereocenters. The van der Waals surface area contributed by atoms with Crippen LogP contribution in [-0.2, 0) is 0 Å². The highest BCUT2D eigenvalue weighted by Gasteiger charge is 2.56. The zero-order chi connectivity index (χ0) is 8.93. The maximum Gasteiger partial charge on any atom is 0.0609 e. The van der Waals surface area contributed by atoms with Crippen LogP contribution in [0.4, 0.5) is 0 Å². The number of hydrogen-bond donors (Lipinski definition) is 1. The summed E-state index contributed by atoms with van der Waals surface area (Å²) >= 11 is 0. The lowest BCUT2D eigenvalue weighted by Gasteiger charge is -2.59. The van der Waals surface area contributed by atoms with Crippen molar-refractivity contribution < 1.29 is 5.21 Å². The van der Waals surface area contributed by atoms with Gasteiger partial charge in [0.15, 0.2) is 0 Å². The summed E-state index contributed by atoms with van der Waals surface area (Å²) in [6.07, 6.45) is 2.25. The van der Waals surface area contributed by atoms with Crippen molar-refractivity contribution in [3.05, 3.63) is 0 Å². The molecular formula is C10H17NO. The maximum atomic E-state index is 8.82. The molecule has 2 nitrogen and oxygen atoms in total. The van der Waals surface area contributed by atoms with E-state index in [9.17, 15) is 0 Å². The van der Waals surface area contributed by atoms with E-state index in [-0.39, 0.29) is 0 Å². The van der Waals surface area contributed by atoms with Crippen LogP contribution in [0.1, 0.15) is 33.6 Å². The highest BCUT2D eigenvalue weighted by atomic mass is 16.4. The summed E-state index contributed by atoms with van der Waals surface area (Å²) in [7, 11) is 0. The summed E-state index contributed by atoms with van der Waals surface area (Å²) in [4.78, 5) is 0. The number of hydrogen-bond acceptors (Lipinski definition) is 2. The fraction of sp³-hybridized carbons (Fsp3) is 0.900. The lowest BCUT2D eigenvalue weighted by Crippen LogP contribution is -2.56. The van der Waals surface area contributed by atoms with Gasteiger partial charge in [0.05, 0.1) is 5.71 Å². The van der Waals surface area contributed by atoms with Gasteiger partial charge in [-0.3, -0.25) is 0 Å². The molecule has 3 atom stereocenters. The van der Waals surface area contributed by atoms with Gasteiger partial charge in [-0.05, 0) is 30.1 Å². The van der Waals surface area contributed by atoms with Gasteiger partial charge in [-0.2, -0.15) is 0 Å². The zero-order valence-electron chi connectivity index (χ0n) is 8.04. The first-order valence-electron chi connectivity index (χ1n) is 4.78. The Morgan fingerprint density at radius 3 is 2.58 bits per heavy atom. The minimum atomic E-state index is 0.388. The second-order valence-electron chi connectivity index (χ2n) is 4.99. The fourth-order valence-corrected chi connectivity index (χ4v) is 3.22. The average molecular weight is 167 g/mol. The third-order valence-corrected chi connectivity index (χ3v) is 4.09. The number of nitrogens with zero attached hydrogens (tertiary/aromatic N) is 1. The van der Waals surface area contributed by atoms with Crippen LogP contribution in [0.3, 0.4) is 0 Å². The van der Waals surface area contributed by atoms with Crippen LogP contribution in [0.5, 0.6) is 0 Å². The van der Waals surface area contributed by atoms with E-state index in [1.54, 1.807) is 0 Å². The van der Waals surface area contributed by atoms with Gasteiger partial charge >= 0.3 is 0 Å². The Morgan fingerprint density at radius 1 is 1.50 bits per heavy atom. The van der Waals surface area contributed by atoms with E-state index in [0.29, 0.717) is 17.3 Å². The summed E-state index contributed by atoms with van der Waals surface area (Å²) in [6, 6.07) is 0. The monoisotopic (exact) mass is 167 g/mol. The Hall–Kier alpha value is -0.530. The quantitative estimate of drug-likeness (QED) is 0.436. The molecule has 3 aliphatic rings. The van der Waals surface area contributed by atoms with E-state index in [2.05, 4.69) is 25.9 Å². The van der Waals surface area contributed by atoms with Crippen molar-refractivity contribution in [2.75, 3.05) is 0 Å². The molecule has 1 N–H and O–H groups in total. The summed E-state index contributed by atoms with van der Waals surface area (Å²) < 4.78 is 0. The van der Waals surface area contributed by atoms with E-state index in [1.807, 2.05) is 0 Å². The first kappa shape index (κ1) is 8.09. The molecule has 0 heterocycles. The topological polar surface area (TPSA) is 32.6 Å². The van der Waals surface area contributed by atoms with Crippen molar-refractivity contribution in [1.29, 1.82) is 0 Å². The SMILES string of the molecule is CC1C/C(=N\O)C2CC1C2(C)C. The normalized spacial score (nSPS) is 47.2. The van der Waals surface area contributed by atoms with E-state index >= 15 is 0 Å². The fourth-order valence-electron chi connectivity index (χ4n) is 3.22. The molecule has 0 amide bonds. The molecule has 68 valence electrons. The van der Waals surface area contributed by atoms with Crippen molar-refractivity contribution in [3.63, 3.8) is 0 Å². The highest BCUT2D eigenvalue weighted by molar-refractivity contribution is 5.89. The minimum Gasteiger partial charge on any atom is -0.411 e. The molecule has 2 heteroatoms. The van der Waals surface area contributed by atoms with Crippen LogP contribution in [0, 0.1) is 23.2 Å². The standard InChI is InChI=1S/C10H17NO/c1-6-4-9(11-12)8-5-7(6)10(8,2)3/h6-8,12H,4-5H2,1-3H3/b11-9+. The summed E-state index contributed by atoms with van der Waals surface area (Å²) in [5.74, 6) is 2.12. The van der Waals surface area contributed by atoms with Crippen molar-refractivity contribution in [3.8, 4) is 0 Å². The predicted molar refractivity (Wildman–Crippen MR) is 48.4 cm³/mol. The van der Waals surface area contributed by atoms with Crippen LogP contribution < -0.4 is 0 Å². The van der Waals surface area contributed by atoms with E-state index in [4.69, 9.17) is 5.21 Å². The molecule has 0 aromatic carbocycles. The molecule has 12 heavy (non-hydrogen) atoms. The summed E-state index contributed by atoms with van der Waals surface area (Å²) in [6.45, 7) is 6.87. The molecule has 0 radical (unpaired) electrons. The molecule has 3 rings (SSSR count). The van der Waals surface area contributed by atoms with Crippen LogP contribution in [0.2, 0.25) is 0 Å². The first-order chi connectivity index (χ1) is 5.57. The van der Waals surface area contributed by atoms with Gasteiger partial charge in [0.1, 0.15) is 0 Å². The molecular weight excluding hydrogens is 150 g/mol. The molecule has 0 saturated heterocycles. The van der Waals surface area contributed by atoms with Gasteiger partial charge in [-0.25, -0.2) is 0 Å². The van der Waals surface area contributed by atoms with Crippen LogP contribution in [-0.4, -0.2) is 10.9 Å². The number of oxime groups is 1. The van der Waals surface area contributed by atoms with Crippen LogP contribution in [0.15, 0.2) is 5.16 Å². The first-order valence-corrected chi connectivity index (χ1v) is 4.78. The minimum absolute atomic E-state index is 0.388. The van der Waals surface area contributed by atoms with Crippen molar-refractivity contribution in [1.82, 2.24) is 0 Å². The van der Waals surface area contributed by atoms with Crippen LogP contribution in [0.25, 0.3) is 0 Å². The Kier molecular flexibility index (Phi) is 1.51.